The molecular formula is C13H26N2. The van der Waals surface area contributed by atoms with Crippen molar-refractivity contribution < 1.29 is 0 Å². The molecule has 1 N–H and O–H groups in total. The monoisotopic (exact) mass is 210 g/mol. The van der Waals surface area contributed by atoms with Crippen LogP contribution in [-0.4, -0.2) is 37.6 Å². The summed E-state index contributed by atoms with van der Waals surface area (Å²) in [5, 5.41) is 3.44. The van der Waals surface area contributed by atoms with Crippen LogP contribution in [0.2, 0.25) is 0 Å². The Morgan fingerprint density at radius 3 is 2.53 bits per heavy atom. The molecule has 2 atom stereocenters. The van der Waals surface area contributed by atoms with Gasteiger partial charge in [-0.2, -0.15) is 0 Å². The van der Waals surface area contributed by atoms with Gasteiger partial charge in [0.1, 0.15) is 0 Å². The second-order valence-electron chi connectivity index (χ2n) is 5.57. The molecule has 15 heavy (non-hydrogen) atoms. The first-order chi connectivity index (χ1) is 7.29. The average Bonchev–Trinajstić information content (AvgIpc) is 2.71. The van der Waals surface area contributed by atoms with Crippen LogP contribution in [0.5, 0.6) is 0 Å². The van der Waals surface area contributed by atoms with Crippen molar-refractivity contribution in [3.8, 4) is 0 Å². The zero-order valence-electron chi connectivity index (χ0n) is 10.3. The number of rotatable bonds is 3. The van der Waals surface area contributed by atoms with Gasteiger partial charge in [-0.25, -0.2) is 0 Å². The second-order valence-corrected chi connectivity index (χ2v) is 5.57. The highest BCUT2D eigenvalue weighted by Crippen LogP contribution is 2.27. The Kier molecular flexibility index (Phi) is 4.04. The molecule has 1 aliphatic carbocycles. The van der Waals surface area contributed by atoms with Crippen LogP contribution in [0.15, 0.2) is 0 Å². The summed E-state index contributed by atoms with van der Waals surface area (Å²) in [5.41, 5.74) is 0. The molecule has 2 nitrogen and oxygen atoms in total. The van der Waals surface area contributed by atoms with Gasteiger partial charge in [-0.1, -0.05) is 19.8 Å². The minimum Gasteiger partial charge on any atom is -0.317 e. The maximum atomic E-state index is 3.44. The fourth-order valence-corrected chi connectivity index (χ4v) is 3.38. The highest BCUT2D eigenvalue weighted by molar-refractivity contribution is 4.83. The van der Waals surface area contributed by atoms with E-state index in [1.807, 2.05) is 0 Å². The summed E-state index contributed by atoms with van der Waals surface area (Å²) in [6.45, 7) is 6.39. The summed E-state index contributed by atoms with van der Waals surface area (Å²) in [6, 6.07) is 0.754. The Hall–Kier alpha value is -0.0800. The molecule has 2 unspecified atom stereocenters. The van der Waals surface area contributed by atoms with Crippen LogP contribution in [0.4, 0.5) is 0 Å². The first-order valence-electron chi connectivity index (χ1n) is 6.69. The maximum absolute atomic E-state index is 3.44. The third-order valence-electron chi connectivity index (χ3n) is 4.35. The highest BCUT2D eigenvalue weighted by atomic mass is 15.1. The van der Waals surface area contributed by atoms with Crippen LogP contribution < -0.4 is 5.32 Å². The van der Waals surface area contributed by atoms with Gasteiger partial charge >= 0.3 is 0 Å². The molecule has 1 aliphatic heterocycles. The van der Waals surface area contributed by atoms with Crippen molar-refractivity contribution >= 4 is 0 Å². The summed E-state index contributed by atoms with van der Waals surface area (Å²) < 4.78 is 0. The molecule has 1 saturated heterocycles. The molecule has 88 valence electrons. The second kappa shape index (κ2) is 5.31. The third kappa shape index (κ3) is 2.94. The normalized spacial score (nSPS) is 34.8. The number of likely N-dealkylation sites (tertiary alicyclic amines) is 1. The molecule has 0 spiro atoms. The van der Waals surface area contributed by atoms with Gasteiger partial charge in [-0.3, -0.25) is 0 Å². The van der Waals surface area contributed by atoms with Crippen molar-refractivity contribution in [2.45, 2.75) is 45.1 Å². The Labute approximate surface area is 94.4 Å². The molecule has 0 aromatic carbocycles. The van der Waals surface area contributed by atoms with Crippen molar-refractivity contribution in [3.63, 3.8) is 0 Å². The van der Waals surface area contributed by atoms with Gasteiger partial charge in [-0.15, -0.1) is 0 Å². The van der Waals surface area contributed by atoms with Crippen LogP contribution >= 0.6 is 0 Å². The average molecular weight is 210 g/mol. The molecule has 2 fully saturated rings. The van der Waals surface area contributed by atoms with Crippen molar-refractivity contribution in [2.75, 3.05) is 26.7 Å². The van der Waals surface area contributed by atoms with Gasteiger partial charge in [0.05, 0.1) is 0 Å². The number of hydrogen-bond acceptors (Lipinski definition) is 2. The first-order valence-corrected chi connectivity index (χ1v) is 6.69. The summed E-state index contributed by atoms with van der Waals surface area (Å²) in [4.78, 5) is 2.70. The van der Waals surface area contributed by atoms with E-state index in [0.29, 0.717) is 0 Å². The maximum Gasteiger partial charge on any atom is 0.0114 e. The molecule has 2 aliphatic rings. The van der Waals surface area contributed by atoms with Crippen LogP contribution in [0.1, 0.15) is 39.0 Å². The topological polar surface area (TPSA) is 15.3 Å². The number of nitrogens with one attached hydrogen (secondary N) is 1. The minimum absolute atomic E-state index is 0.754. The zero-order chi connectivity index (χ0) is 10.7. The Morgan fingerprint density at radius 2 is 1.93 bits per heavy atom. The lowest BCUT2D eigenvalue weighted by Gasteiger charge is -2.37. The van der Waals surface area contributed by atoms with Gasteiger partial charge in [0.25, 0.3) is 0 Å². The van der Waals surface area contributed by atoms with E-state index in [0.717, 1.165) is 17.9 Å². The lowest BCUT2D eigenvalue weighted by molar-refractivity contribution is 0.133. The van der Waals surface area contributed by atoms with E-state index >= 15 is 0 Å². The van der Waals surface area contributed by atoms with Gasteiger partial charge in [-0.05, 0) is 44.7 Å². The fourth-order valence-electron chi connectivity index (χ4n) is 3.38. The first kappa shape index (κ1) is 11.4. The van der Waals surface area contributed by atoms with Gasteiger partial charge in [0.15, 0.2) is 0 Å². The van der Waals surface area contributed by atoms with Crippen molar-refractivity contribution in [2.24, 2.45) is 11.8 Å². The van der Waals surface area contributed by atoms with Crippen LogP contribution in [0.3, 0.4) is 0 Å². The Bertz CT molecular complexity index is 187. The van der Waals surface area contributed by atoms with E-state index < -0.39 is 0 Å². The van der Waals surface area contributed by atoms with Crippen LogP contribution in [0, 0.1) is 11.8 Å². The van der Waals surface area contributed by atoms with Crippen molar-refractivity contribution in [1.82, 2.24) is 10.2 Å². The summed E-state index contributed by atoms with van der Waals surface area (Å²) in [7, 11) is 2.10. The molecule has 1 heterocycles. The quantitative estimate of drug-likeness (QED) is 0.767. The molecule has 0 aromatic rings. The molecule has 0 aromatic heterocycles. The molecular weight excluding hydrogens is 184 g/mol. The summed E-state index contributed by atoms with van der Waals surface area (Å²) in [6.07, 6.45) is 7.27. The van der Waals surface area contributed by atoms with E-state index in [2.05, 4.69) is 24.2 Å². The van der Waals surface area contributed by atoms with E-state index in [1.165, 1.54) is 51.7 Å². The number of piperidine rings is 1. The third-order valence-corrected chi connectivity index (χ3v) is 4.35. The van der Waals surface area contributed by atoms with Crippen LogP contribution in [-0.2, 0) is 0 Å². The predicted molar refractivity (Wildman–Crippen MR) is 65.0 cm³/mol. The molecule has 2 heteroatoms. The molecule has 0 bridgehead atoms. The van der Waals surface area contributed by atoms with Crippen LogP contribution in [0.25, 0.3) is 0 Å². The summed E-state index contributed by atoms with van der Waals surface area (Å²) in [5.74, 6) is 1.84. The van der Waals surface area contributed by atoms with Gasteiger partial charge in [0.2, 0.25) is 0 Å². The smallest absolute Gasteiger partial charge is 0.0114 e. The largest absolute Gasteiger partial charge is 0.317 e. The van der Waals surface area contributed by atoms with Gasteiger partial charge in [0, 0.05) is 19.1 Å². The van der Waals surface area contributed by atoms with E-state index in [9.17, 15) is 0 Å². The van der Waals surface area contributed by atoms with E-state index in [1.54, 1.807) is 0 Å². The minimum atomic E-state index is 0.754. The van der Waals surface area contributed by atoms with Crippen molar-refractivity contribution in [3.05, 3.63) is 0 Å². The fraction of sp³-hybridized carbons (Fsp3) is 1.00. The molecule has 2 rings (SSSR count). The Balaban J connectivity index is 1.75. The molecule has 1 saturated carbocycles. The lowest BCUT2D eigenvalue weighted by Crippen LogP contribution is -2.48. The Morgan fingerprint density at radius 1 is 1.20 bits per heavy atom. The molecule has 0 radical (unpaired) electrons. The highest BCUT2D eigenvalue weighted by Gasteiger charge is 2.26. The lowest BCUT2D eigenvalue weighted by atomic mass is 9.93. The zero-order valence-corrected chi connectivity index (χ0v) is 10.3. The van der Waals surface area contributed by atoms with E-state index in [-0.39, 0.29) is 0 Å². The predicted octanol–water partition coefficient (Wildman–Crippen LogP) is 2.11. The van der Waals surface area contributed by atoms with Gasteiger partial charge < -0.3 is 10.2 Å². The number of hydrogen-bond donors (Lipinski definition) is 1. The SMILES string of the molecule is CNC1CCN(CC2CCCC2)CC1C. The van der Waals surface area contributed by atoms with E-state index in [4.69, 9.17) is 0 Å². The molecule has 0 amide bonds. The summed E-state index contributed by atoms with van der Waals surface area (Å²) >= 11 is 0. The van der Waals surface area contributed by atoms with Crippen molar-refractivity contribution in [1.29, 1.82) is 0 Å². The standard InChI is InChI=1S/C13H26N2/c1-11-9-15(8-7-13(11)14-2)10-12-5-3-4-6-12/h11-14H,3-10H2,1-2H3. The number of nitrogens with zero attached hydrogens (tertiary/aromatic N) is 1.